The molecule has 3 unspecified atom stereocenters. The standard InChI is InChI=1S/C10H14O5/c1-6(2-8-9(3-11)15-8)10(12)14-5-7-4-13-7/h2,7-9,11H,3-5H2,1H3. The minimum absolute atomic E-state index is 0.0145. The van der Waals surface area contributed by atoms with E-state index in [2.05, 4.69) is 0 Å². The molecule has 5 nitrogen and oxygen atoms in total. The van der Waals surface area contributed by atoms with Gasteiger partial charge >= 0.3 is 5.97 Å². The Bertz CT molecular complexity index is 282. The summed E-state index contributed by atoms with van der Waals surface area (Å²) in [5.74, 6) is -0.349. The summed E-state index contributed by atoms with van der Waals surface area (Å²) in [5, 5.41) is 8.73. The van der Waals surface area contributed by atoms with Gasteiger partial charge in [0.2, 0.25) is 0 Å². The fraction of sp³-hybridized carbons (Fsp3) is 0.700. The van der Waals surface area contributed by atoms with Gasteiger partial charge in [-0.3, -0.25) is 0 Å². The third kappa shape index (κ3) is 3.02. The van der Waals surface area contributed by atoms with Crippen LogP contribution >= 0.6 is 0 Å². The minimum atomic E-state index is -0.349. The summed E-state index contributed by atoms with van der Waals surface area (Å²) in [6, 6.07) is 0. The second-order valence-corrected chi connectivity index (χ2v) is 3.73. The summed E-state index contributed by atoms with van der Waals surface area (Å²) in [6.07, 6.45) is 1.47. The van der Waals surface area contributed by atoms with Crippen LogP contribution in [0.1, 0.15) is 6.92 Å². The number of carbonyl (C=O) groups excluding carboxylic acids is 1. The smallest absolute Gasteiger partial charge is 0.333 e. The van der Waals surface area contributed by atoms with Crippen molar-refractivity contribution >= 4 is 5.97 Å². The molecular weight excluding hydrogens is 200 g/mol. The van der Waals surface area contributed by atoms with E-state index in [1.165, 1.54) is 0 Å². The van der Waals surface area contributed by atoms with Gasteiger partial charge < -0.3 is 19.3 Å². The Morgan fingerprint density at radius 1 is 1.67 bits per heavy atom. The summed E-state index contributed by atoms with van der Waals surface area (Å²) in [4.78, 5) is 11.4. The van der Waals surface area contributed by atoms with Crippen LogP contribution in [0, 0.1) is 0 Å². The van der Waals surface area contributed by atoms with Crippen LogP contribution in [0.5, 0.6) is 0 Å². The number of rotatable bonds is 5. The maximum atomic E-state index is 11.4. The van der Waals surface area contributed by atoms with Crippen molar-refractivity contribution in [1.29, 1.82) is 0 Å². The molecule has 0 saturated carbocycles. The SMILES string of the molecule is CC(=CC1OC1CO)C(=O)OCC1CO1. The van der Waals surface area contributed by atoms with E-state index in [1.54, 1.807) is 13.0 Å². The van der Waals surface area contributed by atoms with E-state index in [0.29, 0.717) is 18.8 Å². The Morgan fingerprint density at radius 2 is 2.40 bits per heavy atom. The molecule has 2 heterocycles. The average Bonchev–Trinajstić information content (AvgIpc) is 3.09. The molecule has 0 spiro atoms. The zero-order valence-electron chi connectivity index (χ0n) is 8.51. The molecule has 84 valence electrons. The highest BCUT2D eigenvalue weighted by Crippen LogP contribution is 2.24. The van der Waals surface area contributed by atoms with Gasteiger partial charge in [-0.1, -0.05) is 0 Å². The van der Waals surface area contributed by atoms with Gasteiger partial charge in [0.1, 0.15) is 24.9 Å². The normalized spacial score (nSPS) is 33.7. The lowest BCUT2D eigenvalue weighted by Gasteiger charge is -2.01. The quantitative estimate of drug-likeness (QED) is 0.384. The van der Waals surface area contributed by atoms with Gasteiger partial charge in [0.15, 0.2) is 0 Å². The molecule has 2 saturated heterocycles. The summed E-state index contributed by atoms with van der Waals surface area (Å²) in [5.41, 5.74) is 0.511. The molecule has 2 aliphatic heterocycles. The molecule has 5 heteroatoms. The van der Waals surface area contributed by atoms with Crippen LogP contribution in [0.3, 0.4) is 0 Å². The predicted octanol–water partition coefficient (Wildman–Crippen LogP) is -0.366. The molecule has 1 N–H and O–H groups in total. The number of hydrogen-bond donors (Lipinski definition) is 1. The van der Waals surface area contributed by atoms with Crippen LogP contribution in [0.25, 0.3) is 0 Å². The first-order valence-corrected chi connectivity index (χ1v) is 4.94. The van der Waals surface area contributed by atoms with Gasteiger partial charge in [0, 0.05) is 5.57 Å². The molecule has 0 aromatic carbocycles. The maximum Gasteiger partial charge on any atom is 0.333 e. The van der Waals surface area contributed by atoms with E-state index in [4.69, 9.17) is 19.3 Å². The van der Waals surface area contributed by atoms with Crippen molar-refractivity contribution in [2.75, 3.05) is 19.8 Å². The Hall–Kier alpha value is -0.910. The highest BCUT2D eigenvalue weighted by atomic mass is 16.6. The van der Waals surface area contributed by atoms with Crippen molar-refractivity contribution in [2.24, 2.45) is 0 Å². The molecule has 2 fully saturated rings. The number of ether oxygens (including phenoxy) is 3. The van der Waals surface area contributed by atoms with E-state index in [-0.39, 0.29) is 30.9 Å². The van der Waals surface area contributed by atoms with Gasteiger partial charge in [-0.15, -0.1) is 0 Å². The first-order valence-electron chi connectivity index (χ1n) is 4.94. The van der Waals surface area contributed by atoms with E-state index < -0.39 is 0 Å². The van der Waals surface area contributed by atoms with Crippen molar-refractivity contribution in [3.05, 3.63) is 11.6 Å². The van der Waals surface area contributed by atoms with E-state index >= 15 is 0 Å². The van der Waals surface area contributed by atoms with Gasteiger partial charge in [0.05, 0.1) is 13.2 Å². The van der Waals surface area contributed by atoms with E-state index in [9.17, 15) is 4.79 Å². The molecular formula is C10H14O5. The van der Waals surface area contributed by atoms with Crippen LogP contribution in [0.2, 0.25) is 0 Å². The van der Waals surface area contributed by atoms with Crippen LogP contribution in [0.15, 0.2) is 11.6 Å². The lowest BCUT2D eigenvalue weighted by Crippen LogP contribution is -2.11. The van der Waals surface area contributed by atoms with Gasteiger partial charge in [-0.05, 0) is 13.0 Å². The minimum Gasteiger partial charge on any atom is -0.459 e. The van der Waals surface area contributed by atoms with Gasteiger partial charge in [-0.25, -0.2) is 4.79 Å². The lowest BCUT2D eigenvalue weighted by molar-refractivity contribution is -0.139. The Kier molecular flexibility index (Phi) is 3.04. The first-order chi connectivity index (χ1) is 7.20. The maximum absolute atomic E-state index is 11.4. The predicted molar refractivity (Wildman–Crippen MR) is 50.2 cm³/mol. The highest BCUT2D eigenvalue weighted by molar-refractivity contribution is 5.87. The molecule has 0 aliphatic carbocycles. The lowest BCUT2D eigenvalue weighted by atomic mass is 10.2. The Labute approximate surface area is 87.6 Å². The van der Waals surface area contributed by atoms with E-state index in [0.717, 1.165) is 0 Å². The molecule has 15 heavy (non-hydrogen) atoms. The number of hydrogen-bond acceptors (Lipinski definition) is 5. The Morgan fingerprint density at radius 3 is 2.93 bits per heavy atom. The van der Waals surface area contributed by atoms with Crippen LogP contribution in [-0.4, -0.2) is 49.2 Å². The van der Waals surface area contributed by atoms with Crippen LogP contribution in [-0.2, 0) is 19.0 Å². The zero-order chi connectivity index (χ0) is 10.8. The largest absolute Gasteiger partial charge is 0.459 e. The third-order valence-electron chi connectivity index (χ3n) is 2.34. The molecule has 3 atom stereocenters. The number of aliphatic hydroxyl groups is 1. The second-order valence-electron chi connectivity index (χ2n) is 3.73. The monoisotopic (exact) mass is 214 g/mol. The molecule has 0 radical (unpaired) electrons. The average molecular weight is 214 g/mol. The van der Waals surface area contributed by atoms with Crippen molar-refractivity contribution < 1.29 is 24.1 Å². The number of aliphatic hydroxyl groups excluding tert-OH is 1. The first kappa shape index (κ1) is 10.6. The zero-order valence-corrected chi connectivity index (χ0v) is 8.51. The van der Waals surface area contributed by atoms with Crippen LogP contribution in [0.4, 0.5) is 0 Å². The number of esters is 1. The van der Waals surface area contributed by atoms with Crippen molar-refractivity contribution in [2.45, 2.75) is 25.2 Å². The topological polar surface area (TPSA) is 71.6 Å². The summed E-state index contributed by atoms with van der Waals surface area (Å²) < 4.78 is 15.0. The molecule has 2 rings (SSSR count). The Balaban J connectivity index is 1.73. The second kappa shape index (κ2) is 4.30. The highest BCUT2D eigenvalue weighted by Gasteiger charge is 2.36. The number of carbonyl (C=O) groups is 1. The molecule has 0 bridgehead atoms. The van der Waals surface area contributed by atoms with Crippen LogP contribution < -0.4 is 0 Å². The van der Waals surface area contributed by atoms with Crippen molar-refractivity contribution in [3.63, 3.8) is 0 Å². The summed E-state index contributed by atoms with van der Waals surface area (Å²) >= 11 is 0. The number of epoxide rings is 2. The molecule has 0 aromatic rings. The fourth-order valence-corrected chi connectivity index (χ4v) is 1.21. The summed E-state index contributed by atoms with van der Waals surface area (Å²) in [6.45, 7) is 2.65. The van der Waals surface area contributed by atoms with Crippen molar-refractivity contribution in [3.8, 4) is 0 Å². The van der Waals surface area contributed by atoms with Crippen molar-refractivity contribution in [1.82, 2.24) is 0 Å². The van der Waals surface area contributed by atoms with E-state index in [1.807, 2.05) is 0 Å². The molecule has 0 aromatic heterocycles. The third-order valence-corrected chi connectivity index (χ3v) is 2.34. The molecule has 2 aliphatic rings. The fourth-order valence-electron chi connectivity index (χ4n) is 1.21. The summed E-state index contributed by atoms with van der Waals surface area (Å²) in [7, 11) is 0. The van der Waals surface area contributed by atoms with Gasteiger partial charge in [0.25, 0.3) is 0 Å². The molecule has 0 amide bonds. The van der Waals surface area contributed by atoms with Gasteiger partial charge in [-0.2, -0.15) is 0 Å².